The summed E-state index contributed by atoms with van der Waals surface area (Å²) in [7, 11) is -3.08. The summed E-state index contributed by atoms with van der Waals surface area (Å²) in [4.78, 5) is 25.7. The van der Waals surface area contributed by atoms with Gasteiger partial charge in [-0.15, -0.1) is 11.8 Å². The summed E-state index contributed by atoms with van der Waals surface area (Å²) in [6.45, 7) is 0. The van der Waals surface area contributed by atoms with Crippen LogP contribution in [0.5, 0.6) is 0 Å². The number of carbonyl (C=O) groups excluding carboxylic acids is 1. The third-order valence-corrected chi connectivity index (χ3v) is 6.44. The largest absolute Gasteiger partial charge is 0.283 e. The highest BCUT2D eigenvalue weighted by Gasteiger charge is 2.24. The number of nitro groups is 1. The Labute approximate surface area is 167 Å². The molecule has 2 aromatic rings. The summed E-state index contributed by atoms with van der Waals surface area (Å²) < 4.78 is 23.0. The number of non-ortho nitro benzene ring substituents is 1. The highest BCUT2D eigenvalue weighted by atomic mass is 32.2. The number of benzene rings is 2. The molecule has 1 atom stereocenters. The van der Waals surface area contributed by atoms with Crippen LogP contribution in [0.2, 0.25) is 0 Å². The lowest BCUT2D eigenvalue weighted by molar-refractivity contribution is -0.384. The number of carbonyl (C=O) groups is 1. The first kappa shape index (κ1) is 20.1. The van der Waals surface area contributed by atoms with Crippen molar-refractivity contribution in [3.63, 3.8) is 0 Å². The van der Waals surface area contributed by atoms with Gasteiger partial charge in [0.1, 0.15) is 9.84 Å². The fourth-order valence-corrected chi connectivity index (χ4v) is 4.73. The first-order valence-electron chi connectivity index (χ1n) is 8.44. The Morgan fingerprint density at radius 1 is 1.18 bits per heavy atom. The molecule has 1 unspecified atom stereocenters. The molecular weight excluding hydrogens is 400 g/mol. The van der Waals surface area contributed by atoms with Crippen LogP contribution in [0.15, 0.2) is 65.7 Å². The monoisotopic (exact) mass is 418 g/mol. The molecule has 0 saturated heterocycles. The molecular formula is C19H18N2O5S2. The van der Waals surface area contributed by atoms with Gasteiger partial charge in [0.25, 0.3) is 11.6 Å². The molecule has 28 heavy (non-hydrogen) atoms. The molecule has 1 aliphatic rings. The number of hydrogen-bond donors (Lipinski definition) is 0. The summed E-state index contributed by atoms with van der Waals surface area (Å²) in [6.07, 6.45) is 5.11. The third-order valence-electron chi connectivity index (χ3n) is 4.17. The zero-order valence-corrected chi connectivity index (χ0v) is 16.7. The van der Waals surface area contributed by atoms with Crippen molar-refractivity contribution in [3.8, 4) is 0 Å². The van der Waals surface area contributed by atoms with Crippen LogP contribution >= 0.6 is 11.8 Å². The second-order valence-electron chi connectivity index (χ2n) is 6.36. The number of nitrogens with zero attached hydrogens (tertiary/aromatic N) is 2. The zero-order chi connectivity index (χ0) is 20.3. The van der Waals surface area contributed by atoms with E-state index in [4.69, 9.17) is 0 Å². The summed E-state index contributed by atoms with van der Waals surface area (Å²) >= 11 is 1.51. The van der Waals surface area contributed by atoms with E-state index < -0.39 is 14.8 Å². The highest BCUT2D eigenvalue weighted by Crippen LogP contribution is 2.38. The maximum atomic E-state index is 13.0. The molecule has 3 rings (SSSR count). The minimum absolute atomic E-state index is 0.0630. The summed E-state index contributed by atoms with van der Waals surface area (Å²) in [5.41, 5.74) is 0.929. The predicted molar refractivity (Wildman–Crippen MR) is 109 cm³/mol. The summed E-state index contributed by atoms with van der Waals surface area (Å²) in [5.74, 6) is -0.254. The molecule has 0 bridgehead atoms. The van der Waals surface area contributed by atoms with E-state index in [1.807, 2.05) is 30.3 Å². The fraction of sp³-hybridized carbons (Fsp3) is 0.211. The van der Waals surface area contributed by atoms with Crippen molar-refractivity contribution >= 4 is 38.9 Å². The smallest absolute Gasteiger partial charge is 0.269 e. The van der Waals surface area contributed by atoms with E-state index in [-0.39, 0.29) is 22.6 Å². The van der Waals surface area contributed by atoms with E-state index in [1.54, 1.807) is 6.20 Å². The number of rotatable bonds is 5. The Morgan fingerprint density at radius 2 is 1.86 bits per heavy atom. The van der Waals surface area contributed by atoms with E-state index in [1.165, 1.54) is 47.2 Å². The normalized spacial score (nSPS) is 16.3. The van der Waals surface area contributed by atoms with Crippen molar-refractivity contribution in [2.24, 2.45) is 0 Å². The van der Waals surface area contributed by atoms with Crippen LogP contribution in [-0.2, 0) is 9.84 Å². The van der Waals surface area contributed by atoms with Gasteiger partial charge in [0.15, 0.2) is 0 Å². The van der Waals surface area contributed by atoms with E-state index in [2.05, 4.69) is 0 Å². The van der Waals surface area contributed by atoms with Gasteiger partial charge in [0.2, 0.25) is 0 Å². The third kappa shape index (κ3) is 4.79. The number of hydrogen-bond acceptors (Lipinski definition) is 6. The lowest BCUT2D eigenvalue weighted by atomic mass is 10.1. The fourth-order valence-electron chi connectivity index (χ4n) is 2.75. The van der Waals surface area contributed by atoms with Crippen LogP contribution in [-0.4, -0.2) is 36.5 Å². The Morgan fingerprint density at radius 3 is 2.50 bits per heavy atom. The van der Waals surface area contributed by atoms with Crippen molar-refractivity contribution in [2.75, 3.05) is 16.9 Å². The van der Waals surface area contributed by atoms with E-state index in [0.29, 0.717) is 17.7 Å². The van der Waals surface area contributed by atoms with Crippen molar-refractivity contribution in [3.05, 3.63) is 76.5 Å². The van der Waals surface area contributed by atoms with Gasteiger partial charge >= 0.3 is 0 Å². The minimum atomic E-state index is -3.08. The highest BCUT2D eigenvalue weighted by molar-refractivity contribution is 8.00. The zero-order valence-electron chi connectivity index (χ0n) is 15.0. The summed E-state index contributed by atoms with van der Waals surface area (Å²) in [5, 5.41) is 10.7. The van der Waals surface area contributed by atoms with E-state index in [9.17, 15) is 23.3 Å². The molecule has 1 amide bonds. The number of sulfone groups is 1. The molecule has 0 spiro atoms. The molecule has 9 heteroatoms. The quantitative estimate of drug-likeness (QED) is 0.543. The van der Waals surface area contributed by atoms with Gasteiger partial charge in [-0.05, 0) is 30.7 Å². The van der Waals surface area contributed by atoms with Crippen molar-refractivity contribution in [1.29, 1.82) is 0 Å². The maximum Gasteiger partial charge on any atom is 0.269 e. The average Bonchev–Trinajstić information content (AvgIpc) is 2.84. The number of nitro benzene ring substituents is 1. The predicted octanol–water partition coefficient (Wildman–Crippen LogP) is 3.66. The van der Waals surface area contributed by atoms with Crippen LogP contribution in [0, 0.1) is 10.1 Å². The summed E-state index contributed by atoms with van der Waals surface area (Å²) in [6, 6.07) is 12.8. The molecule has 0 aromatic heterocycles. The van der Waals surface area contributed by atoms with Crippen LogP contribution < -0.4 is 4.90 Å². The molecule has 0 radical (unpaired) electrons. The molecule has 2 aromatic carbocycles. The molecule has 1 aliphatic heterocycles. The minimum Gasteiger partial charge on any atom is -0.283 e. The molecule has 7 nitrogen and oxygen atoms in total. The molecule has 0 saturated carbocycles. The second-order valence-corrected chi connectivity index (χ2v) is 9.90. The standard InChI is InChI=1S/C19H18N2O5S2/c1-28(25,26)13-11-16-10-12-20(17-4-2-3-5-18(17)27-16)19(22)14-6-8-15(9-7-14)21(23)24/h2-10,12,16H,11,13H2,1H3. The van der Waals surface area contributed by atoms with Gasteiger partial charge < -0.3 is 0 Å². The molecule has 0 fully saturated rings. The number of amides is 1. The van der Waals surface area contributed by atoms with Gasteiger partial charge in [-0.25, -0.2) is 8.42 Å². The van der Waals surface area contributed by atoms with Crippen LogP contribution in [0.4, 0.5) is 11.4 Å². The van der Waals surface area contributed by atoms with Crippen LogP contribution in [0.25, 0.3) is 0 Å². The first-order chi connectivity index (χ1) is 13.2. The van der Waals surface area contributed by atoms with Gasteiger partial charge in [-0.1, -0.05) is 18.2 Å². The Kier molecular flexibility index (Phi) is 5.85. The van der Waals surface area contributed by atoms with E-state index in [0.717, 1.165) is 4.90 Å². The van der Waals surface area contributed by atoms with Crippen LogP contribution in [0.1, 0.15) is 16.8 Å². The lowest BCUT2D eigenvalue weighted by Gasteiger charge is -2.19. The van der Waals surface area contributed by atoms with Gasteiger partial charge in [0.05, 0.1) is 16.4 Å². The average molecular weight is 418 g/mol. The number of anilines is 1. The van der Waals surface area contributed by atoms with Gasteiger partial charge in [-0.3, -0.25) is 19.8 Å². The Balaban J connectivity index is 1.91. The van der Waals surface area contributed by atoms with Crippen molar-refractivity contribution in [2.45, 2.75) is 16.6 Å². The molecule has 146 valence electrons. The van der Waals surface area contributed by atoms with Crippen molar-refractivity contribution < 1.29 is 18.1 Å². The molecule has 1 heterocycles. The van der Waals surface area contributed by atoms with Gasteiger partial charge in [0, 0.05) is 40.3 Å². The van der Waals surface area contributed by atoms with E-state index >= 15 is 0 Å². The maximum absolute atomic E-state index is 13.0. The Hall–Kier alpha value is -2.65. The Bertz CT molecular complexity index is 1030. The number of thioether (sulfide) groups is 1. The molecule has 0 aliphatic carbocycles. The van der Waals surface area contributed by atoms with Crippen molar-refractivity contribution in [1.82, 2.24) is 0 Å². The first-order valence-corrected chi connectivity index (χ1v) is 11.4. The molecule has 0 N–H and O–H groups in total. The van der Waals surface area contributed by atoms with Gasteiger partial charge in [-0.2, -0.15) is 0 Å². The second kappa shape index (κ2) is 8.15. The number of para-hydroxylation sites is 1. The lowest BCUT2D eigenvalue weighted by Crippen LogP contribution is -2.25. The van der Waals surface area contributed by atoms with Crippen LogP contribution in [0.3, 0.4) is 0 Å². The SMILES string of the molecule is CS(=O)(=O)CCC1C=CN(C(=O)c2ccc([N+](=O)[O-])cc2)c2ccccc2S1. The topological polar surface area (TPSA) is 97.6 Å². The number of fused-ring (bicyclic) bond motifs is 1.